The third kappa shape index (κ3) is 23.0. The second-order valence-corrected chi connectivity index (χ2v) is 22.1. The molecule has 2 aromatic carbocycles. The number of likely N-dealkylation sites (tertiary alicyclic amines) is 1. The SMILES string of the molecule is COc1ccc(CCO[C@@H]2CCCC[C@H]2N2CC[C@@H](OC(=O)CCCCCCCCC(=O)NCCCCC(NS(C)(=O)=O)C(=O)NC[C@@H](N[C@@H](C(=O)N[C@H](Cc3ccc(O)cc3)C(=O)O)C(C)C)C(=O)O)C2)cc1OC. The van der Waals surface area contributed by atoms with Crippen LogP contribution >= 0.6 is 0 Å². The van der Waals surface area contributed by atoms with Crippen molar-refractivity contribution in [3.8, 4) is 17.2 Å². The molecule has 0 bridgehead atoms. The Balaban J connectivity index is 1.06. The first kappa shape index (κ1) is 63.0. The third-order valence-corrected chi connectivity index (χ3v) is 14.5. The van der Waals surface area contributed by atoms with Crippen molar-refractivity contribution in [3.63, 3.8) is 0 Å². The van der Waals surface area contributed by atoms with Crippen LogP contribution in [0.3, 0.4) is 0 Å². The zero-order valence-corrected chi connectivity index (χ0v) is 45.8. The van der Waals surface area contributed by atoms with Gasteiger partial charge in [0.1, 0.15) is 30.0 Å². The molecule has 0 radical (unpaired) electrons. The summed E-state index contributed by atoms with van der Waals surface area (Å²) in [5.74, 6) is -3.72. The highest BCUT2D eigenvalue weighted by molar-refractivity contribution is 7.88. The number of aromatic hydroxyl groups is 1. The minimum atomic E-state index is -3.87. The number of carbonyl (C=O) groups is 6. The lowest BCUT2D eigenvalue weighted by molar-refractivity contribution is -0.149. The van der Waals surface area contributed by atoms with Gasteiger partial charge in [-0.25, -0.2) is 17.9 Å². The topological polar surface area (TPSA) is 298 Å². The Hall–Kier alpha value is -5.55. The molecule has 0 aromatic heterocycles. The summed E-state index contributed by atoms with van der Waals surface area (Å²) in [5, 5.41) is 39.7. The quantitative estimate of drug-likeness (QED) is 0.0350. The number of benzene rings is 2. The van der Waals surface area contributed by atoms with Crippen LogP contribution in [0.2, 0.25) is 0 Å². The number of phenolic OH excluding ortho intramolecular Hbond substituents is 1. The van der Waals surface area contributed by atoms with Crippen molar-refractivity contribution < 1.29 is 71.5 Å². The zero-order valence-electron chi connectivity index (χ0n) is 45.0. The number of nitrogens with zero attached hydrogens (tertiary/aromatic N) is 1. The minimum Gasteiger partial charge on any atom is -0.508 e. The van der Waals surface area contributed by atoms with Gasteiger partial charge in [-0.1, -0.05) is 70.6 Å². The van der Waals surface area contributed by atoms with Crippen LogP contribution in [0.1, 0.15) is 128 Å². The Morgan fingerprint density at radius 1 is 0.750 bits per heavy atom. The van der Waals surface area contributed by atoms with E-state index in [4.69, 9.17) is 18.9 Å². The van der Waals surface area contributed by atoms with E-state index in [0.717, 1.165) is 89.1 Å². The second kappa shape index (κ2) is 32.9. The summed E-state index contributed by atoms with van der Waals surface area (Å²) in [5.41, 5.74) is 1.66. The molecule has 1 unspecified atom stereocenters. The van der Waals surface area contributed by atoms with E-state index >= 15 is 0 Å². The molecule has 22 heteroatoms. The van der Waals surface area contributed by atoms with Crippen molar-refractivity contribution in [1.82, 2.24) is 30.9 Å². The zero-order chi connectivity index (χ0) is 55.6. The van der Waals surface area contributed by atoms with Gasteiger partial charge in [-0.05, 0) is 99.1 Å². The van der Waals surface area contributed by atoms with Gasteiger partial charge in [0.2, 0.25) is 27.7 Å². The number of unbranched alkanes of at least 4 members (excludes halogenated alkanes) is 6. The lowest BCUT2D eigenvalue weighted by Gasteiger charge is -2.37. The summed E-state index contributed by atoms with van der Waals surface area (Å²) < 4.78 is 49.8. The maximum absolute atomic E-state index is 13.3. The van der Waals surface area contributed by atoms with Crippen LogP contribution < -0.4 is 35.5 Å². The number of ether oxygens (including phenoxy) is 4. The Kier molecular flexibility index (Phi) is 27.3. The average molecular weight is 1090 g/mol. The lowest BCUT2D eigenvalue weighted by atomic mass is 9.91. The van der Waals surface area contributed by atoms with Crippen LogP contribution in [0, 0.1) is 5.92 Å². The number of carboxylic acids is 2. The standard InChI is InChI=1S/C54H84N6O15S/c1-36(2)50(52(65)58-42(53(66)67)32-37-21-24-39(61)25-22-37)57-43(54(68)69)34-56-51(64)41(59-76(5,70)71)16-14-15-29-55-48(62)19-10-8-6-7-9-11-20-49(63)75-40-27-30-60(35-40)44-17-12-13-18-45(44)74-31-28-38-23-26-46(72-3)47(33-38)73-4/h21-26,33,36,40-45,50,57,59,61H,6-20,27-32,34-35H2,1-5H3,(H,55,62)(H,56,64)(H,58,65)(H,66,67)(H,68,69)/t40-,41?,42-,43-,44-,45-,50-/m1/s1. The Morgan fingerprint density at radius 3 is 2.07 bits per heavy atom. The number of sulfonamides is 1. The van der Waals surface area contributed by atoms with Gasteiger partial charge < -0.3 is 50.2 Å². The van der Waals surface area contributed by atoms with Crippen molar-refractivity contribution in [1.29, 1.82) is 0 Å². The van der Waals surface area contributed by atoms with Gasteiger partial charge in [-0.15, -0.1) is 0 Å². The number of methoxy groups -OCH3 is 2. The van der Waals surface area contributed by atoms with E-state index in [2.05, 4.69) is 30.9 Å². The van der Waals surface area contributed by atoms with E-state index in [1.54, 1.807) is 28.1 Å². The number of phenols is 1. The number of carboxylic acid groups (broad SMARTS) is 2. The molecule has 8 N–H and O–H groups in total. The van der Waals surface area contributed by atoms with Gasteiger partial charge in [0.15, 0.2) is 11.5 Å². The fourth-order valence-corrected chi connectivity index (χ4v) is 10.4. The molecule has 3 amide bonds. The van der Waals surface area contributed by atoms with Crippen LogP contribution in [0.5, 0.6) is 17.2 Å². The summed E-state index contributed by atoms with van der Waals surface area (Å²) in [6, 6.07) is 6.73. The molecule has 2 aliphatic rings. The fourth-order valence-electron chi connectivity index (χ4n) is 9.66. The number of amides is 3. The summed E-state index contributed by atoms with van der Waals surface area (Å²) >= 11 is 0. The van der Waals surface area contributed by atoms with Gasteiger partial charge in [0, 0.05) is 51.5 Å². The smallest absolute Gasteiger partial charge is 0.326 e. The molecule has 1 aliphatic carbocycles. The molecule has 4 rings (SSSR count). The van der Waals surface area contributed by atoms with Crippen molar-refractivity contribution >= 4 is 45.7 Å². The highest BCUT2D eigenvalue weighted by atomic mass is 32.2. The van der Waals surface area contributed by atoms with Crippen LogP contribution in [-0.2, 0) is 61.1 Å². The lowest BCUT2D eigenvalue weighted by Crippen LogP contribution is -2.59. The maximum Gasteiger partial charge on any atom is 0.326 e. The third-order valence-electron chi connectivity index (χ3n) is 13.8. The Morgan fingerprint density at radius 2 is 1.41 bits per heavy atom. The van der Waals surface area contributed by atoms with Gasteiger partial charge in [-0.3, -0.25) is 34.2 Å². The van der Waals surface area contributed by atoms with E-state index in [0.29, 0.717) is 68.4 Å². The average Bonchev–Trinajstić information content (AvgIpc) is 3.84. The highest BCUT2D eigenvalue weighted by Gasteiger charge is 2.37. The Bertz CT molecular complexity index is 2270. The largest absolute Gasteiger partial charge is 0.508 e. The summed E-state index contributed by atoms with van der Waals surface area (Å²) in [7, 11) is -0.605. The molecule has 2 fully saturated rings. The fraction of sp³-hybridized carbons (Fsp3) is 0.667. The van der Waals surface area contributed by atoms with Gasteiger partial charge >= 0.3 is 17.9 Å². The highest BCUT2D eigenvalue weighted by Crippen LogP contribution is 2.31. The number of aliphatic carboxylic acids is 2. The predicted octanol–water partition coefficient (Wildman–Crippen LogP) is 4.22. The van der Waals surface area contributed by atoms with Gasteiger partial charge in [0.05, 0.1) is 39.2 Å². The maximum atomic E-state index is 13.3. The molecule has 76 heavy (non-hydrogen) atoms. The van der Waals surface area contributed by atoms with E-state index in [9.17, 15) is 52.5 Å². The number of hydrogen-bond donors (Lipinski definition) is 8. The van der Waals surface area contributed by atoms with E-state index in [1.165, 1.54) is 30.7 Å². The van der Waals surface area contributed by atoms with Crippen LogP contribution in [0.25, 0.3) is 0 Å². The van der Waals surface area contributed by atoms with Crippen molar-refractivity contribution in [2.45, 2.75) is 172 Å². The van der Waals surface area contributed by atoms with E-state index in [-0.39, 0.29) is 42.7 Å². The van der Waals surface area contributed by atoms with Crippen molar-refractivity contribution in [2.75, 3.05) is 53.3 Å². The van der Waals surface area contributed by atoms with Gasteiger partial charge in [-0.2, -0.15) is 0 Å². The molecular formula is C54H84N6O15S. The van der Waals surface area contributed by atoms with Gasteiger partial charge in [0.25, 0.3) is 0 Å². The number of nitrogens with one attached hydrogen (secondary N) is 5. The molecule has 21 nitrogen and oxygen atoms in total. The van der Waals surface area contributed by atoms with Crippen molar-refractivity contribution in [3.05, 3.63) is 53.6 Å². The summed E-state index contributed by atoms with van der Waals surface area (Å²) in [6.07, 6.45) is 13.5. The predicted molar refractivity (Wildman–Crippen MR) is 284 cm³/mol. The van der Waals surface area contributed by atoms with Crippen LogP contribution in [-0.4, -0.2) is 160 Å². The first-order valence-electron chi connectivity index (χ1n) is 26.8. The number of rotatable bonds is 36. The first-order chi connectivity index (χ1) is 36.3. The Labute approximate surface area is 448 Å². The molecule has 1 heterocycles. The molecule has 2 aromatic rings. The number of carbonyl (C=O) groups excluding carboxylic acids is 4. The molecule has 1 saturated heterocycles. The molecule has 426 valence electrons. The number of esters is 1. The number of hydrogen-bond acceptors (Lipinski definition) is 15. The first-order valence-corrected chi connectivity index (χ1v) is 28.7. The monoisotopic (exact) mass is 1090 g/mol. The van der Waals surface area contributed by atoms with Crippen molar-refractivity contribution in [2.24, 2.45) is 5.92 Å². The van der Waals surface area contributed by atoms with Crippen LogP contribution in [0.15, 0.2) is 42.5 Å². The summed E-state index contributed by atoms with van der Waals surface area (Å²) in [4.78, 5) is 78.5. The summed E-state index contributed by atoms with van der Waals surface area (Å²) in [6.45, 7) is 5.28. The molecule has 1 saturated carbocycles. The minimum absolute atomic E-state index is 0.0155. The van der Waals surface area contributed by atoms with E-state index in [1.807, 2.05) is 18.2 Å². The molecular weight excluding hydrogens is 1000 g/mol. The second-order valence-electron chi connectivity index (χ2n) is 20.3. The normalized spacial score (nSPS) is 18.5. The molecule has 0 spiro atoms. The van der Waals surface area contributed by atoms with Crippen LogP contribution in [0.4, 0.5) is 0 Å². The molecule has 1 aliphatic heterocycles. The molecule has 7 atom stereocenters. The van der Waals surface area contributed by atoms with E-state index < -0.39 is 70.4 Å².